The predicted molar refractivity (Wildman–Crippen MR) is 59.4 cm³/mol. The fourth-order valence-corrected chi connectivity index (χ4v) is 1.27. The van der Waals surface area contributed by atoms with E-state index in [1.165, 1.54) is 0 Å². The standard InChI is InChI=1S/C9H11BrN2O4/c1-3-15-6(13)4-16-8-7(10)5(2)11-9(14)12-8/h3-4H2,1-2H3,(H,11,12,14). The maximum Gasteiger partial charge on any atom is 0.348 e. The van der Waals surface area contributed by atoms with E-state index in [1.807, 2.05) is 0 Å². The molecule has 0 aliphatic carbocycles. The topological polar surface area (TPSA) is 81.3 Å². The Kier molecular flexibility index (Phi) is 4.48. The number of H-pyrrole nitrogens is 1. The summed E-state index contributed by atoms with van der Waals surface area (Å²) >= 11 is 3.19. The van der Waals surface area contributed by atoms with Crippen molar-refractivity contribution in [1.82, 2.24) is 9.97 Å². The number of rotatable bonds is 4. The largest absolute Gasteiger partial charge is 0.465 e. The summed E-state index contributed by atoms with van der Waals surface area (Å²) in [7, 11) is 0. The number of carbonyl (C=O) groups excluding carboxylic acids is 1. The Morgan fingerprint density at radius 1 is 1.56 bits per heavy atom. The highest BCUT2D eigenvalue weighted by Crippen LogP contribution is 2.22. The molecule has 1 aromatic rings. The minimum Gasteiger partial charge on any atom is -0.465 e. The molecule has 88 valence electrons. The molecule has 1 N–H and O–H groups in total. The molecule has 0 saturated heterocycles. The third-order valence-electron chi connectivity index (χ3n) is 1.65. The lowest BCUT2D eigenvalue weighted by Gasteiger charge is -2.07. The van der Waals surface area contributed by atoms with Gasteiger partial charge in [-0.2, -0.15) is 4.98 Å². The summed E-state index contributed by atoms with van der Waals surface area (Å²) in [6.45, 7) is 3.39. The van der Waals surface area contributed by atoms with Gasteiger partial charge in [0, 0.05) is 5.69 Å². The Morgan fingerprint density at radius 2 is 2.25 bits per heavy atom. The molecule has 0 aliphatic heterocycles. The molecule has 0 fully saturated rings. The zero-order chi connectivity index (χ0) is 12.1. The van der Waals surface area contributed by atoms with Crippen LogP contribution >= 0.6 is 15.9 Å². The van der Waals surface area contributed by atoms with Crippen LogP contribution in [0.4, 0.5) is 0 Å². The molecule has 16 heavy (non-hydrogen) atoms. The summed E-state index contributed by atoms with van der Waals surface area (Å²) in [5.74, 6) is -0.427. The number of esters is 1. The number of hydrogen-bond donors (Lipinski definition) is 1. The smallest absolute Gasteiger partial charge is 0.348 e. The van der Waals surface area contributed by atoms with Gasteiger partial charge in [0.15, 0.2) is 6.61 Å². The summed E-state index contributed by atoms with van der Waals surface area (Å²) in [5.41, 5.74) is 0.0541. The maximum absolute atomic E-state index is 11.1. The lowest BCUT2D eigenvalue weighted by Crippen LogP contribution is -2.19. The van der Waals surface area contributed by atoms with Gasteiger partial charge >= 0.3 is 11.7 Å². The number of nitrogens with zero attached hydrogens (tertiary/aromatic N) is 1. The monoisotopic (exact) mass is 290 g/mol. The molecule has 0 saturated carbocycles. The van der Waals surface area contributed by atoms with Gasteiger partial charge < -0.3 is 14.5 Å². The normalized spacial score (nSPS) is 9.94. The summed E-state index contributed by atoms with van der Waals surface area (Å²) in [5, 5.41) is 0. The SMILES string of the molecule is CCOC(=O)COc1nc(=O)[nH]c(C)c1Br. The molecule has 1 aromatic heterocycles. The van der Waals surface area contributed by atoms with Crippen LogP contribution in [0.15, 0.2) is 9.27 Å². The summed E-state index contributed by atoms with van der Waals surface area (Å²) in [6.07, 6.45) is 0. The first-order valence-electron chi connectivity index (χ1n) is 4.59. The molecule has 0 aliphatic rings. The van der Waals surface area contributed by atoms with Gasteiger partial charge in [-0.1, -0.05) is 0 Å². The van der Waals surface area contributed by atoms with Crippen molar-refractivity contribution in [1.29, 1.82) is 0 Å². The van der Waals surface area contributed by atoms with Crippen molar-refractivity contribution in [3.05, 3.63) is 20.7 Å². The highest BCUT2D eigenvalue weighted by atomic mass is 79.9. The van der Waals surface area contributed by atoms with E-state index in [0.29, 0.717) is 10.2 Å². The van der Waals surface area contributed by atoms with Gasteiger partial charge in [0.1, 0.15) is 0 Å². The molecule has 1 heterocycles. The fraction of sp³-hybridized carbons (Fsp3) is 0.444. The number of halogens is 1. The minimum absolute atomic E-state index is 0.0781. The van der Waals surface area contributed by atoms with E-state index in [4.69, 9.17) is 4.74 Å². The molecular formula is C9H11BrN2O4. The van der Waals surface area contributed by atoms with Crippen LogP contribution in [0, 0.1) is 6.92 Å². The highest BCUT2D eigenvalue weighted by molar-refractivity contribution is 9.10. The number of aryl methyl sites for hydroxylation is 1. The van der Waals surface area contributed by atoms with Gasteiger partial charge in [0.05, 0.1) is 11.1 Å². The average molecular weight is 291 g/mol. The third kappa shape index (κ3) is 3.34. The Morgan fingerprint density at radius 3 is 2.88 bits per heavy atom. The van der Waals surface area contributed by atoms with E-state index in [0.717, 1.165) is 0 Å². The van der Waals surface area contributed by atoms with Crippen LogP contribution < -0.4 is 10.4 Å². The van der Waals surface area contributed by atoms with Gasteiger partial charge in [0.25, 0.3) is 0 Å². The molecule has 0 unspecified atom stereocenters. The van der Waals surface area contributed by atoms with E-state index in [2.05, 4.69) is 30.6 Å². The first-order valence-corrected chi connectivity index (χ1v) is 5.38. The zero-order valence-electron chi connectivity index (χ0n) is 8.87. The quantitative estimate of drug-likeness (QED) is 0.829. The van der Waals surface area contributed by atoms with Crippen LogP contribution in [0.5, 0.6) is 5.88 Å². The van der Waals surface area contributed by atoms with Gasteiger partial charge in [-0.3, -0.25) is 0 Å². The maximum atomic E-state index is 11.1. The number of aromatic nitrogens is 2. The van der Waals surface area contributed by atoms with Crippen molar-refractivity contribution in [3.8, 4) is 5.88 Å². The molecule has 7 heteroatoms. The number of ether oxygens (including phenoxy) is 2. The van der Waals surface area contributed by atoms with Crippen molar-refractivity contribution in [2.75, 3.05) is 13.2 Å². The molecule has 0 aromatic carbocycles. The Hall–Kier alpha value is -1.37. The lowest BCUT2D eigenvalue weighted by atomic mass is 10.4. The number of aromatic amines is 1. The van der Waals surface area contributed by atoms with E-state index in [-0.39, 0.29) is 19.1 Å². The van der Waals surface area contributed by atoms with E-state index in [1.54, 1.807) is 13.8 Å². The van der Waals surface area contributed by atoms with Crippen molar-refractivity contribution in [2.24, 2.45) is 0 Å². The molecule has 6 nitrogen and oxygen atoms in total. The summed E-state index contributed by atoms with van der Waals surface area (Å²) in [6, 6.07) is 0. The summed E-state index contributed by atoms with van der Waals surface area (Å²) in [4.78, 5) is 28.1. The second kappa shape index (κ2) is 5.64. The fourth-order valence-electron chi connectivity index (χ4n) is 0.971. The third-order valence-corrected chi connectivity index (χ3v) is 2.58. The molecule has 0 radical (unpaired) electrons. The van der Waals surface area contributed by atoms with Crippen LogP contribution in [0.3, 0.4) is 0 Å². The first-order chi connectivity index (χ1) is 7.54. The first kappa shape index (κ1) is 12.7. The molecule has 1 rings (SSSR count). The molecule has 0 amide bonds. The van der Waals surface area contributed by atoms with Crippen LogP contribution in [-0.4, -0.2) is 29.2 Å². The van der Waals surface area contributed by atoms with Crippen molar-refractivity contribution >= 4 is 21.9 Å². The molecular weight excluding hydrogens is 280 g/mol. The molecule has 0 spiro atoms. The predicted octanol–water partition coefficient (Wildman–Crippen LogP) is 0.783. The average Bonchev–Trinajstić information content (AvgIpc) is 2.21. The van der Waals surface area contributed by atoms with E-state index in [9.17, 15) is 9.59 Å². The Bertz CT molecular complexity index is 444. The lowest BCUT2D eigenvalue weighted by molar-refractivity contribution is -0.145. The number of nitrogens with one attached hydrogen (secondary N) is 1. The summed E-state index contributed by atoms with van der Waals surface area (Å²) < 4.78 is 10.2. The number of hydrogen-bond acceptors (Lipinski definition) is 5. The van der Waals surface area contributed by atoms with Crippen molar-refractivity contribution in [2.45, 2.75) is 13.8 Å². The van der Waals surface area contributed by atoms with Gasteiger partial charge in [0.2, 0.25) is 5.88 Å². The zero-order valence-corrected chi connectivity index (χ0v) is 10.5. The van der Waals surface area contributed by atoms with Gasteiger partial charge in [-0.15, -0.1) is 0 Å². The number of carbonyl (C=O) groups is 1. The van der Waals surface area contributed by atoms with Crippen molar-refractivity contribution in [3.63, 3.8) is 0 Å². The highest BCUT2D eigenvalue weighted by Gasteiger charge is 2.10. The van der Waals surface area contributed by atoms with Crippen molar-refractivity contribution < 1.29 is 14.3 Å². The second-order valence-corrected chi connectivity index (χ2v) is 3.67. The van der Waals surface area contributed by atoms with Gasteiger partial charge in [-0.25, -0.2) is 9.59 Å². The van der Waals surface area contributed by atoms with Gasteiger partial charge in [-0.05, 0) is 29.8 Å². The molecule has 0 bridgehead atoms. The van der Waals surface area contributed by atoms with Crippen LogP contribution in [0.2, 0.25) is 0 Å². The van der Waals surface area contributed by atoms with Crippen LogP contribution in [0.25, 0.3) is 0 Å². The minimum atomic E-state index is -0.528. The molecule has 0 atom stereocenters. The Labute approximate surface area is 100 Å². The van der Waals surface area contributed by atoms with E-state index >= 15 is 0 Å². The van der Waals surface area contributed by atoms with E-state index < -0.39 is 11.7 Å². The Balaban J connectivity index is 2.74. The second-order valence-electron chi connectivity index (χ2n) is 2.88. The van der Waals surface area contributed by atoms with Crippen LogP contribution in [0.1, 0.15) is 12.6 Å². The van der Waals surface area contributed by atoms with Crippen LogP contribution in [-0.2, 0) is 9.53 Å².